The molecule has 0 aliphatic carbocycles. The number of hydrogen-bond donors (Lipinski definition) is 0. The van der Waals surface area contributed by atoms with Crippen molar-refractivity contribution in [1.82, 2.24) is 9.97 Å². The van der Waals surface area contributed by atoms with Crippen LogP contribution in [-0.4, -0.2) is 23.0 Å². The molecule has 1 heterocycles. The maximum Gasteiger partial charge on any atom is 0.330 e. The largest absolute Gasteiger partial charge is 0.466 e. The van der Waals surface area contributed by atoms with Crippen LogP contribution in [0.4, 0.5) is 0 Å². The van der Waals surface area contributed by atoms with Gasteiger partial charge in [0.2, 0.25) is 0 Å². The lowest BCUT2D eigenvalue weighted by molar-refractivity contribution is -0.134. The lowest BCUT2D eigenvalue weighted by atomic mass is 10.3. The zero-order chi connectivity index (χ0) is 10.6. The van der Waals surface area contributed by atoms with Crippen molar-refractivity contribution in [1.29, 1.82) is 0 Å². The molecule has 0 aromatic carbocycles. The zero-order valence-corrected chi connectivity index (χ0v) is 8.71. The molecule has 4 nitrogen and oxygen atoms in total. The minimum Gasteiger partial charge on any atom is -0.466 e. The van der Waals surface area contributed by atoms with Crippen molar-refractivity contribution < 1.29 is 9.53 Å². The highest BCUT2D eigenvalue weighted by atomic mass is 35.5. The molecule has 0 unspecified atom stereocenters. The van der Waals surface area contributed by atoms with Crippen molar-refractivity contribution in [3.05, 3.63) is 28.3 Å². The number of methoxy groups -OCH3 is 1. The number of halogens is 2. The van der Waals surface area contributed by atoms with Crippen LogP contribution in [0.5, 0.6) is 0 Å². The summed E-state index contributed by atoms with van der Waals surface area (Å²) < 4.78 is 4.40. The van der Waals surface area contributed by atoms with E-state index in [2.05, 4.69) is 14.7 Å². The summed E-state index contributed by atoms with van der Waals surface area (Å²) in [5.41, 5.74) is 0.390. The molecule has 0 bridgehead atoms. The number of esters is 1. The predicted molar refractivity (Wildman–Crippen MR) is 53.1 cm³/mol. The van der Waals surface area contributed by atoms with Crippen LogP contribution < -0.4 is 0 Å². The number of hydrogen-bond acceptors (Lipinski definition) is 4. The van der Waals surface area contributed by atoms with Crippen molar-refractivity contribution >= 4 is 35.2 Å². The van der Waals surface area contributed by atoms with E-state index in [0.29, 0.717) is 5.56 Å². The summed E-state index contributed by atoms with van der Waals surface area (Å²) in [5, 5.41) is 0.371. The molecule has 1 aromatic rings. The van der Waals surface area contributed by atoms with Crippen LogP contribution >= 0.6 is 23.2 Å². The standard InChI is InChI=1S/C8H6Cl2N2O2/c1-14-6(13)3-2-5-7(9)11-4-12-8(5)10/h2-4H,1H3/b3-2+. The molecule has 1 rings (SSSR count). The van der Waals surface area contributed by atoms with Crippen LogP contribution in [0.15, 0.2) is 12.4 Å². The van der Waals surface area contributed by atoms with E-state index in [1.165, 1.54) is 25.6 Å². The van der Waals surface area contributed by atoms with Crippen molar-refractivity contribution in [2.75, 3.05) is 7.11 Å². The summed E-state index contributed by atoms with van der Waals surface area (Å²) in [6, 6.07) is 0. The van der Waals surface area contributed by atoms with Gasteiger partial charge >= 0.3 is 5.97 Å². The lowest BCUT2D eigenvalue weighted by Gasteiger charge is -1.97. The molecule has 0 radical (unpaired) electrons. The van der Waals surface area contributed by atoms with Crippen LogP contribution in [0.3, 0.4) is 0 Å². The Balaban J connectivity index is 2.96. The Labute approximate surface area is 90.5 Å². The van der Waals surface area contributed by atoms with Gasteiger partial charge < -0.3 is 4.74 Å². The quantitative estimate of drug-likeness (QED) is 0.445. The molecular weight excluding hydrogens is 227 g/mol. The second-order valence-electron chi connectivity index (χ2n) is 2.23. The lowest BCUT2D eigenvalue weighted by Crippen LogP contribution is -1.94. The molecule has 0 amide bonds. The average molecular weight is 233 g/mol. The van der Waals surface area contributed by atoms with E-state index >= 15 is 0 Å². The first-order valence-electron chi connectivity index (χ1n) is 3.57. The number of ether oxygens (including phenoxy) is 1. The third kappa shape index (κ3) is 2.68. The molecule has 0 saturated heterocycles. The van der Waals surface area contributed by atoms with Crippen molar-refractivity contribution in [2.45, 2.75) is 0 Å². The molecule has 1 aromatic heterocycles. The molecule has 0 atom stereocenters. The summed E-state index contributed by atoms with van der Waals surface area (Å²) >= 11 is 11.4. The van der Waals surface area contributed by atoms with Gasteiger partial charge in [-0.25, -0.2) is 14.8 Å². The number of carbonyl (C=O) groups excluding carboxylic acids is 1. The smallest absolute Gasteiger partial charge is 0.330 e. The highest BCUT2D eigenvalue weighted by Gasteiger charge is 2.04. The Bertz CT molecular complexity index is 359. The topological polar surface area (TPSA) is 52.1 Å². The minimum atomic E-state index is -0.499. The summed E-state index contributed by atoms with van der Waals surface area (Å²) in [4.78, 5) is 18.2. The number of aromatic nitrogens is 2. The van der Waals surface area contributed by atoms with Gasteiger partial charge in [-0.15, -0.1) is 0 Å². The molecule has 14 heavy (non-hydrogen) atoms. The van der Waals surface area contributed by atoms with Crippen LogP contribution in [0.2, 0.25) is 10.3 Å². The van der Waals surface area contributed by atoms with Gasteiger partial charge in [-0.1, -0.05) is 23.2 Å². The molecule has 74 valence electrons. The number of rotatable bonds is 2. The van der Waals surface area contributed by atoms with E-state index in [1.54, 1.807) is 0 Å². The molecule has 0 spiro atoms. The van der Waals surface area contributed by atoms with E-state index < -0.39 is 5.97 Å². The molecule has 6 heteroatoms. The molecular formula is C8H6Cl2N2O2. The van der Waals surface area contributed by atoms with Crippen LogP contribution in [0, 0.1) is 0 Å². The molecule has 0 N–H and O–H groups in total. The fraction of sp³-hybridized carbons (Fsp3) is 0.125. The fourth-order valence-corrected chi connectivity index (χ4v) is 1.15. The molecule has 0 aliphatic heterocycles. The van der Waals surface area contributed by atoms with Crippen LogP contribution in [0.25, 0.3) is 6.08 Å². The van der Waals surface area contributed by atoms with Crippen molar-refractivity contribution in [3.63, 3.8) is 0 Å². The Morgan fingerprint density at radius 2 is 2.00 bits per heavy atom. The normalized spacial score (nSPS) is 10.5. The van der Waals surface area contributed by atoms with Crippen molar-refractivity contribution in [2.24, 2.45) is 0 Å². The SMILES string of the molecule is COC(=O)/C=C/c1c(Cl)ncnc1Cl. The van der Waals surface area contributed by atoms with Crippen molar-refractivity contribution in [3.8, 4) is 0 Å². The summed E-state index contributed by atoms with van der Waals surface area (Å²) in [6.45, 7) is 0. The van der Waals surface area contributed by atoms with Gasteiger partial charge in [0.05, 0.1) is 7.11 Å². The van der Waals surface area contributed by atoms with E-state index in [-0.39, 0.29) is 10.3 Å². The molecule has 0 fully saturated rings. The summed E-state index contributed by atoms with van der Waals surface area (Å²) in [7, 11) is 1.28. The second-order valence-corrected chi connectivity index (χ2v) is 2.94. The van der Waals surface area contributed by atoms with E-state index in [1.807, 2.05) is 0 Å². The minimum absolute atomic E-state index is 0.185. The molecule has 0 aliphatic rings. The van der Waals surface area contributed by atoms with Gasteiger partial charge in [-0.3, -0.25) is 0 Å². The Morgan fingerprint density at radius 1 is 1.43 bits per heavy atom. The van der Waals surface area contributed by atoms with E-state index in [0.717, 1.165) is 0 Å². The average Bonchev–Trinajstić information content (AvgIpc) is 2.16. The second kappa shape index (κ2) is 4.93. The number of nitrogens with zero attached hydrogens (tertiary/aromatic N) is 2. The maximum absolute atomic E-state index is 10.8. The van der Waals surface area contributed by atoms with Gasteiger partial charge in [0.15, 0.2) is 0 Å². The first kappa shape index (κ1) is 10.9. The Morgan fingerprint density at radius 3 is 2.50 bits per heavy atom. The Kier molecular flexibility index (Phi) is 3.85. The summed E-state index contributed by atoms with van der Waals surface area (Å²) in [5.74, 6) is -0.499. The van der Waals surface area contributed by atoms with Crippen LogP contribution in [-0.2, 0) is 9.53 Å². The van der Waals surface area contributed by atoms with Gasteiger partial charge in [0.25, 0.3) is 0 Å². The van der Waals surface area contributed by atoms with Gasteiger partial charge in [0.1, 0.15) is 16.6 Å². The van der Waals surface area contributed by atoms with Gasteiger partial charge in [0, 0.05) is 11.6 Å². The summed E-state index contributed by atoms with van der Waals surface area (Å²) in [6.07, 6.45) is 3.83. The molecule has 0 saturated carbocycles. The third-order valence-corrected chi connectivity index (χ3v) is 1.98. The third-order valence-electron chi connectivity index (χ3n) is 1.37. The highest BCUT2D eigenvalue weighted by Crippen LogP contribution is 2.20. The Hall–Kier alpha value is -1.13. The maximum atomic E-state index is 10.8. The first-order valence-corrected chi connectivity index (χ1v) is 4.32. The monoisotopic (exact) mass is 232 g/mol. The van der Waals surface area contributed by atoms with Gasteiger partial charge in [-0.05, 0) is 6.08 Å². The number of carbonyl (C=O) groups is 1. The highest BCUT2D eigenvalue weighted by molar-refractivity contribution is 6.35. The fourth-order valence-electron chi connectivity index (χ4n) is 0.711. The van der Waals surface area contributed by atoms with E-state index in [4.69, 9.17) is 23.2 Å². The van der Waals surface area contributed by atoms with E-state index in [9.17, 15) is 4.79 Å². The zero-order valence-electron chi connectivity index (χ0n) is 7.20. The first-order chi connectivity index (χ1) is 6.65. The predicted octanol–water partition coefficient (Wildman–Crippen LogP) is 1.97. The van der Waals surface area contributed by atoms with Crippen LogP contribution in [0.1, 0.15) is 5.56 Å². The van der Waals surface area contributed by atoms with Gasteiger partial charge in [-0.2, -0.15) is 0 Å².